The van der Waals surface area contributed by atoms with Crippen LogP contribution in [0.1, 0.15) is 24.3 Å². The average Bonchev–Trinajstić information content (AvgIpc) is 2.97. The Labute approximate surface area is 162 Å². The van der Waals surface area contributed by atoms with Gasteiger partial charge in [-0.3, -0.25) is 9.78 Å². The summed E-state index contributed by atoms with van der Waals surface area (Å²) >= 11 is 0. The zero-order valence-corrected chi connectivity index (χ0v) is 15.4. The lowest BCUT2D eigenvalue weighted by molar-refractivity contribution is -0.125. The third-order valence-corrected chi connectivity index (χ3v) is 5.82. The van der Waals surface area contributed by atoms with E-state index in [9.17, 15) is 9.59 Å². The van der Waals surface area contributed by atoms with E-state index in [4.69, 9.17) is 4.74 Å². The van der Waals surface area contributed by atoms with Crippen molar-refractivity contribution in [2.45, 2.75) is 24.3 Å². The van der Waals surface area contributed by atoms with E-state index < -0.39 is 5.54 Å². The number of nitrogens with one attached hydrogen (secondary N) is 1. The van der Waals surface area contributed by atoms with Gasteiger partial charge in [-0.15, -0.1) is 0 Å². The van der Waals surface area contributed by atoms with Gasteiger partial charge in [0.15, 0.2) is 0 Å². The van der Waals surface area contributed by atoms with Gasteiger partial charge in [0.25, 0.3) is 5.91 Å². The van der Waals surface area contributed by atoms with Crippen LogP contribution in [-0.2, 0) is 4.79 Å². The number of ether oxygens (including phenoxy) is 1. The molecule has 1 spiro atoms. The molecule has 0 unspecified atom stereocenters. The first-order chi connectivity index (χ1) is 13.6. The normalized spacial score (nSPS) is 23.8. The second kappa shape index (κ2) is 6.05. The van der Waals surface area contributed by atoms with Gasteiger partial charge in [-0.1, -0.05) is 42.5 Å². The highest BCUT2D eigenvalue weighted by atomic mass is 16.5. The topological polar surface area (TPSA) is 71.5 Å². The van der Waals surface area contributed by atoms with Crippen LogP contribution in [0.25, 0.3) is 10.8 Å². The number of fused-ring (bicyclic) bond motifs is 1. The lowest BCUT2D eigenvalue weighted by Gasteiger charge is -2.43. The maximum atomic E-state index is 13.3. The fourth-order valence-electron chi connectivity index (χ4n) is 4.40. The number of carbonyl (C=O) groups is 2. The van der Waals surface area contributed by atoms with Crippen LogP contribution in [0.4, 0.5) is 10.5 Å². The predicted molar refractivity (Wildman–Crippen MR) is 105 cm³/mol. The number of imide groups is 1. The van der Waals surface area contributed by atoms with E-state index in [0.29, 0.717) is 18.5 Å². The molecule has 2 aliphatic rings. The van der Waals surface area contributed by atoms with Crippen LogP contribution in [0, 0.1) is 0 Å². The maximum absolute atomic E-state index is 13.3. The third kappa shape index (κ3) is 2.30. The molecule has 3 amide bonds. The van der Waals surface area contributed by atoms with Gasteiger partial charge in [0, 0.05) is 17.0 Å². The standard InChI is InChI=1S/C22H19N3O3/c1-28-19-9-5-4-8-17(19)15-10-22(11-15)20(26)25(21(27)24-22)18-13-23-12-14-6-2-3-7-16(14)18/h2-9,12-13,15H,10-11H2,1H3,(H,24,27). The lowest BCUT2D eigenvalue weighted by atomic mass is 9.65. The number of methoxy groups -OCH3 is 1. The molecule has 2 heterocycles. The van der Waals surface area contributed by atoms with Crippen molar-refractivity contribution in [1.29, 1.82) is 0 Å². The monoisotopic (exact) mass is 373 g/mol. The van der Waals surface area contributed by atoms with E-state index in [1.54, 1.807) is 19.5 Å². The number of hydrogen-bond donors (Lipinski definition) is 1. The van der Waals surface area contributed by atoms with E-state index in [-0.39, 0.29) is 17.9 Å². The second-order valence-electron chi connectivity index (χ2n) is 7.38. The molecule has 6 nitrogen and oxygen atoms in total. The molecule has 0 radical (unpaired) electrons. The predicted octanol–water partition coefficient (Wildman–Crippen LogP) is 3.62. The van der Waals surface area contributed by atoms with Crippen molar-refractivity contribution in [3.05, 3.63) is 66.5 Å². The van der Waals surface area contributed by atoms with Crippen LogP contribution in [0.3, 0.4) is 0 Å². The van der Waals surface area contributed by atoms with Gasteiger partial charge in [0.2, 0.25) is 0 Å². The largest absolute Gasteiger partial charge is 0.496 e. The molecule has 1 aromatic heterocycles. The molecule has 1 saturated heterocycles. The lowest BCUT2D eigenvalue weighted by Crippen LogP contribution is -2.56. The molecular formula is C22H19N3O3. The number of carbonyl (C=O) groups excluding carboxylic acids is 2. The van der Waals surface area contributed by atoms with E-state index in [1.807, 2.05) is 48.5 Å². The molecule has 28 heavy (non-hydrogen) atoms. The average molecular weight is 373 g/mol. The number of benzene rings is 2. The van der Waals surface area contributed by atoms with E-state index in [1.165, 1.54) is 4.90 Å². The summed E-state index contributed by atoms with van der Waals surface area (Å²) in [5, 5.41) is 4.66. The molecule has 5 rings (SSSR count). The highest BCUT2D eigenvalue weighted by Crippen LogP contribution is 2.50. The van der Waals surface area contributed by atoms with Gasteiger partial charge < -0.3 is 10.1 Å². The SMILES string of the molecule is COc1ccccc1C1CC2(C1)NC(=O)N(c1cncc3ccccc13)C2=O. The molecule has 140 valence electrons. The third-order valence-electron chi connectivity index (χ3n) is 5.82. The van der Waals surface area contributed by atoms with Gasteiger partial charge >= 0.3 is 6.03 Å². The van der Waals surface area contributed by atoms with E-state index in [2.05, 4.69) is 10.3 Å². The van der Waals surface area contributed by atoms with Crippen LogP contribution < -0.4 is 15.0 Å². The molecule has 2 fully saturated rings. The highest BCUT2D eigenvalue weighted by Gasteiger charge is 2.59. The van der Waals surface area contributed by atoms with Crippen molar-refractivity contribution in [3.63, 3.8) is 0 Å². The summed E-state index contributed by atoms with van der Waals surface area (Å²) in [6, 6.07) is 15.1. The molecule has 0 bridgehead atoms. The number of rotatable bonds is 3. The van der Waals surface area contributed by atoms with Crippen molar-refractivity contribution < 1.29 is 14.3 Å². The van der Waals surface area contributed by atoms with E-state index >= 15 is 0 Å². The molecule has 1 saturated carbocycles. The van der Waals surface area contributed by atoms with Crippen LogP contribution in [0.2, 0.25) is 0 Å². The molecule has 1 N–H and O–H groups in total. The summed E-state index contributed by atoms with van der Waals surface area (Å²) < 4.78 is 5.45. The fourth-order valence-corrected chi connectivity index (χ4v) is 4.40. The number of aromatic nitrogens is 1. The Morgan fingerprint density at radius 2 is 1.82 bits per heavy atom. The van der Waals surface area contributed by atoms with Crippen LogP contribution in [0.5, 0.6) is 5.75 Å². The van der Waals surface area contributed by atoms with Crippen molar-refractivity contribution in [2.75, 3.05) is 12.0 Å². The summed E-state index contributed by atoms with van der Waals surface area (Å²) in [4.78, 5) is 31.5. The molecule has 3 aromatic rings. The van der Waals surface area contributed by atoms with Gasteiger partial charge in [0.05, 0.1) is 19.0 Å². The first kappa shape index (κ1) is 16.7. The zero-order valence-electron chi connectivity index (χ0n) is 15.4. The number of anilines is 1. The summed E-state index contributed by atoms with van der Waals surface area (Å²) in [6.07, 6.45) is 4.43. The molecule has 2 aromatic carbocycles. The first-order valence-corrected chi connectivity index (χ1v) is 9.25. The molecule has 1 aliphatic heterocycles. The van der Waals surface area contributed by atoms with Gasteiger partial charge in [0.1, 0.15) is 11.3 Å². The van der Waals surface area contributed by atoms with E-state index in [0.717, 1.165) is 22.1 Å². The maximum Gasteiger partial charge on any atom is 0.329 e. The van der Waals surface area contributed by atoms with Crippen LogP contribution in [-0.4, -0.2) is 29.6 Å². The van der Waals surface area contributed by atoms with Crippen molar-refractivity contribution in [2.24, 2.45) is 0 Å². The summed E-state index contributed by atoms with van der Waals surface area (Å²) in [6.45, 7) is 0. The van der Waals surface area contributed by atoms with Crippen molar-refractivity contribution in [1.82, 2.24) is 10.3 Å². The number of pyridine rings is 1. The zero-order chi connectivity index (χ0) is 19.3. The molecular weight excluding hydrogens is 354 g/mol. The van der Waals surface area contributed by atoms with Gasteiger partial charge in [-0.2, -0.15) is 0 Å². The summed E-state index contributed by atoms with van der Waals surface area (Å²) in [7, 11) is 1.64. The van der Waals surface area contributed by atoms with Crippen LogP contribution >= 0.6 is 0 Å². The number of hydrogen-bond acceptors (Lipinski definition) is 4. The molecule has 1 aliphatic carbocycles. The number of nitrogens with zero attached hydrogens (tertiary/aromatic N) is 2. The quantitative estimate of drug-likeness (QED) is 0.712. The smallest absolute Gasteiger partial charge is 0.329 e. The van der Waals surface area contributed by atoms with Gasteiger partial charge in [-0.25, -0.2) is 9.69 Å². The van der Waals surface area contributed by atoms with Crippen molar-refractivity contribution in [3.8, 4) is 5.75 Å². The highest BCUT2D eigenvalue weighted by molar-refractivity contribution is 6.26. The minimum absolute atomic E-state index is 0.172. The molecule has 0 atom stereocenters. The summed E-state index contributed by atoms with van der Waals surface area (Å²) in [5.74, 6) is 0.780. The second-order valence-corrected chi connectivity index (χ2v) is 7.38. The van der Waals surface area contributed by atoms with Gasteiger partial charge in [-0.05, 0) is 30.4 Å². The Kier molecular flexibility index (Phi) is 3.62. The fraction of sp³-hybridized carbons (Fsp3) is 0.227. The minimum atomic E-state index is -0.848. The Morgan fingerprint density at radius 3 is 2.64 bits per heavy atom. The summed E-state index contributed by atoms with van der Waals surface area (Å²) in [5.41, 5.74) is 0.751. The Morgan fingerprint density at radius 1 is 1.07 bits per heavy atom. The molecule has 6 heteroatoms. The van der Waals surface area contributed by atoms with Crippen molar-refractivity contribution >= 4 is 28.4 Å². The van der Waals surface area contributed by atoms with Crippen LogP contribution in [0.15, 0.2) is 60.9 Å². The Hall–Kier alpha value is -3.41. The number of para-hydroxylation sites is 1. The Bertz CT molecular complexity index is 1100. The Balaban J connectivity index is 1.46. The minimum Gasteiger partial charge on any atom is -0.496 e. The number of urea groups is 1. The number of amides is 3. The first-order valence-electron chi connectivity index (χ1n) is 9.25.